The standard InChI is InChI=1S/C17H13F3N4O2/c1-10(25)8-24-9-11-7-12(5-6-13(11)23-24)21-16(26)14-3-2-4-15(22-14)17(18,19)20/h2-7,9H,8H2,1H3,(H,21,26). The Hall–Kier alpha value is -3.23. The maximum Gasteiger partial charge on any atom is 0.433 e. The number of anilines is 1. The number of alkyl halides is 3. The van der Waals surface area contributed by atoms with Crippen molar-refractivity contribution in [1.29, 1.82) is 0 Å². The normalized spacial score (nSPS) is 11.5. The van der Waals surface area contributed by atoms with Gasteiger partial charge >= 0.3 is 6.18 Å². The zero-order valence-corrected chi connectivity index (χ0v) is 13.5. The number of halogens is 3. The minimum absolute atomic E-state index is 0.0537. The molecule has 134 valence electrons. The number of nitrogens with zero attached hydrogens (tertiary/aromatic N) is 3. The largest absolute Gasteiger partial charge is 0.433 e. The van der Waals surface area contributed by atoms with Crippen LogP contribution >= 0.6 is 0 Å². The number of nitrogens with one attached hydrogen (secondary N) is 1. The van der Waals surface area contributed by atoms with Crippen molar-refractivity contribution >= 4 is 28.3 Å². The van der Waals surface area contributed by atoms with E-state index in [-0.39, 0.29) is 18.0 Å². The summed E-state index contributed by atoms with van der Waals surface area (Å²) in [6, 6.07) is 7.95. The van der Waals surface area contributed by atoms with Gasteiger partial charge in [-0.25, -0.2) is 4.98 Å². The average Bonchev–Trinajstić information content (AvgIpc) is 2.94. The van der Waals surface area contributed by atoms with Crippen LogP contribution in [0, 0.1) is 0 Å². The Labute approximate surface area is 145 Å². The number of fused-ring (bicyclic) bond motifs is 1. The van der Waals surface area contributed by atoms with E-state index in [4.69, 9.17) is 0 Å². The lowest BCUT2D eigenvalue weighted by molar-refractivity contribution is -0.141. The molecule has 1 N–H and O–H groups in total. The first-order valence-corrected chi connectivity index (χ1v) is 7.54. The van der Waals surface area contributed by atoms with Crippen LogP contribution in [-0.4, -0.2) is 26.5 Å². The second-order valence-corrected chi connectivity index (χ2v) is 5.66. The Morgan fingerprint density at radius 2 is 1.96 bits per heavy atom. The topological polar surface area (TPSA) is 76.9 Å². The quantitative estimate of drug-likeness (QED) is 0.773. The fraction of sp³-hybridized carbons (Fsp3) is 0.176. The summed E-state index contributed by atoms with van der Waals surface area (Å²) in [6.45, 7) is 1.57. The van der Waals surface area contributed by atoms with Crippen molar-refractivity contribution in [1.82, 2.24) is 14.8 Å². The zero-order valence-electron chi connectivity index (χ0n) is 13.5. The number of amides is 1. The van der Waals surface area contributed by atoms with Gasteiger partial charge in [0.1, 0.15) is 11.4 Å². The smallest absolute Gasteiger partial charge is 0.321 e. The first kappa shape index (κ1) is 17.6. The van der Waals surface area contributed by atoms with E-state index in [1.54, 1.807) is 24.4 Å². The molecule has 0 spiro atoms. The molecule has 2 heterocycles. The van der Waals surface area contributed by atoms with E-state index < -0.39 is 17.8 Å². The van der Waals surface area contributed by atoms with Crippen LogP contribution in [0.1, 0.15) is 23.1 Å². The van der Waals surface area contributed by atoms with E-state index in [0.717, 1.165) is 12.1 Å². The van der Waals surface area contributed by atoms with Crippen LogP contribution in [-0.2, 0) is 17.5 Å². The molecule has 1 amide bonds. The van der Waals surface area contributed by atoms with Crippen molar-refractivity contribution in [2.75, 3.05) is 5.32 Å². The fourth-order valence-corrected chi connectivity index (χ4v) is 2.38. The van der Waals surface area contributed by atoms with E-state index in [9.17, 15) is 22.8 Å². The molecule has 2 aromatic heterocycles. The predicted octanol–water partition coefficient (Wildman–Crippen LogP) is 3.29. The number of carbonyl (C=O) groups excluding carboxylic acids is 2. The molecule has 0 aliphatic heterocycles. The predicted molar refractivity (Wildman–Crippen MR) is 87.6 cm³/mol. The number of carbonyl (C=O) groups is 2. The van der Waals surface area contributed by atoms with Gasteiger partial charge in [-0.15, -0.1) is 0 Å². The van der Waals surface area contributed by atoms with Crippen molar-refractivity contribution in [2.24, 2.45) is 0 Å². The van der Waals surface area contributed by atoms with Gasteiger partial charge in [0.25, 0.3) is 5.91 Å². The van der Waals surface area contributed by atoms with Crippen LogP contribution in [0.5, 0.6) is 0 Å². The van der Waals surface area contributed by atoms with Gasteiger partial charge in [-0.2, -0.15) is 18.3 Å². The molecule has 0 fully saturated rings. The van der Waals surface area contributed by atoms with E-state index in [1.807, 2.05) is 0 Å². The maximum atomic E-state index is 12.7. The number of benzene rings is 1. The molecule has 0 aliphatic carbocycles. The number of Topliss-reactive ketones (excluding diaryl/α,β-unsaturated/α-hetero) is 1. The summed E-state index contributed by atoms with van der Waals surface area (Å²) in [5, 5.41) is 7.40. The van der Waals surface area contributed by atoms with E-state index in [1.165, 1.54) is 17.7 Å². The summed E-state index contributed by atoms with van der Waals surface area (Å²) in [5.74, 6) is -0.812. The van der Waals surface area contributed by atoms with Crippen LogP contribution < -0.4 is 5.32 Å². The summed E-state index contributed by atoms with van der Waals surface area (Å²) in [7, 11) is 0. The average molecular weight is 362 g/mol. The lowest BCUT2D eigenvalue weighted by atomic mass is 10.2. The fourth-order valence-electron chi connectivity index (χ4n) is 2.38. The first-order valence-electron chi connectivity index (χ1n) is 7.54. The van der Waals surface area contributed by atoms with Crippen molar-refractivity contribution in [3.8, 4) is 0 Å². The van der Waals surface area contributed by atoms with E-state index in [2.05, 4.69) is 15.4 Å². The summed E-state index contributed by atoms with van der Waals surface area (Å²) in [6.07, 6.45) is -2.98. The lowest BCUT2D eigenvalue weighted by Gasteiger charge is -2.08. The highest BCUT2D eigenvalue weighted by atomic mass is 19.4. The van der Waals surface area contributed by atoms with Gasteiger partial charge in [0.15, 0.2) is 5.78 Å². The Bertz CT molecular complexity index is 995. The zero-order chi connectivity index (χ0) is 18.9. The van der Waals surface area contributed by atoms with Gasteiger partial charge < -0.3 is 5.32 Å². The second-order valence-electron chi connectivity index (χ2n) is 5.66. The Morgan fingerprint density at radius 1 is 1.19 bits per heavy atom. The maximum absolute atomic E-state index is 12.7. The van der Waals surface area contributed by atoms with Crippen molar-refractivity contribution < 1.29 is 22.8 Å². The Kier molecular flexibility index (Phi) is 4.45. The number of hydrogen-bond donors (Lipinski definition) is 1. The molecule has 0 atom stereocenters. The molecular weight excluding hydrogens is 349 g/mol. The molecular formula is C17H13F3N4O2. The Morgan fingerprint density at radius 3 is 2.65 bits per heavy atom. The Balaban J connectivity index is 1.82. The van der Waals surface area contributed by atoms with Gasteiger partial charge in [-0.05, 0) is 37.3 Å². The summed E-state index contributed by atoms with van der Waals surface area (Å²) in [5.41, 5.74) is -0.469. The summed E-state index contributed by atoms with van der Waals surface area (Å²) >= 11 is 0. The SMILES string of the molecule is CC(=O)Cn1cc2cc(NC(=O)c3cccc(C(F)(F)F)n3)ccc2n1. The molecule has 0 saturated heterocycles. The third-order valence-electron chi connectivity index (χ3n) is 3.47. The van der Waals surface area contributed by atoms with Gasteiger partial charge in [0.05, 0.1) is 12.1 Å². The van der Waals surface area contributed by atoms with Crippen molar-refractivity contribution in [3.05, 3.63) is 54.0 Å². The van der Waals surface area contributed by atoms with Gasteiger partial charge in [-0.3, -0.25) is 14.3 Å². The molecule has 0 bridgehead atoms. The second kappa shape index (κ2) is 6.58. The molecule has 0 radical (unpaired) electrons. The van der Waals surface area contributed by atoms with Crippen LogP contribution in [0.25, 0.3) is 10.9 Å². The van der Waals surface area contributed by atoms with Crippen LogP contribution in [0.4, 0.5) is 18.9 Å². The molecule has 0 aliphatic rings. The monoisotopic (exact) mass is 362 g/mol. The molecule has 6 nitrogen and oxygen atoms in total. The lowest BCUT2D eigenvalue weighted by Crippen LogP contribution is -2.16. The van der Waals surface area contributed by atoms with Crippen LogP contribution in [0.3, 0.4) is 0 Å². The minimum atomic E-state index is -4.62. The first-order chi connectivity index (χ1) is 12.2. The van der Waals surface area contributed by atoms with Crippen LogP contribution in [0.2, 0.25) is 0 Å². The summed E-state index contributed by atoms with van der Waals surface area (Å²) in [4.78, 5) is 26.7. The highest BCUT2D eigenvalue weighted by molar-refractivity contribution is 6.03. The molecule has 0 saturated carbocycles. The molecule has 3 aromatic rings. The molecule has 0 unspecified atom stereocenters. The van der Waals surface area contributed by atoms with E-state index >= 15 is 0 Å². The molecule has 9 heteroatoms. The molecule has 3 rings (SSSR count). The summed E-state index contributed by atoms with van der Waals surface area (Å²) < 4.78 is 39.6. The highest BCUT2D eigenvalue weighted by Crippen LogP contribution is 2.27. The van der Waals surface area contributed by atoms with Crippen molar-refractivity contribution in [2.45, 2.75) is 19.6 Å². The minimum Gasteiger partial charge on any atom is -0.321 e. The highest BCUT2D eigenvalue weighted by Gasteiger charge is 2.32. The molecule has 26 heavy (non-hydrogen) atoms. The number of pyridine rings is 1. The van der Waals surface area contributed by atoms with Gasteiger partial charge in [-0.1, -0.05) is 6.07 Å². The number of rotatable bonds is 4. The van der Waals surface area contributed by atoms with Crippen LogP contribution in [0.15, 0.2) is 42.6 Å². The van der Waals surface area contributed by atoms with Crippen molar-refractivity contribution in [3.63, 3.8) is 0 Å². The number of hydrogen-bond acceptors (Lipinski definition) is 4. The number of ketones is 1. The molecule has 1 aromatic carbocycles. The third kappa shape index (κ3) is 3.88. The number of aromatic nitrogens is 3. The van der Waals surface area contributed by atoms with E-state index in [0.29, 0.717) is 16.6 Å². The third-order valence-corrected chi connectivity index (χ3v) is 3.47. The van der Waals surface area contributed by atoms with Gasteiger partial charge in [0, 0.05) is 17.3 Å². The van der Waals surface area contributed by atoms with Gasteiger partial charge in [0.2, 0.25) is 0 Å².